The Labute approximate surface area is 115 Å². The molecule has 1 aliphatic rings. The minimum Gasteiger partial charge on any atom is -0.325 e. The van der Waals surface area contributed by atoms with Crippen LogP contribution in [0.5, 0.6) is 0 Å². The van der Waals surface area contributed by atoms with Gasteiger partial charge in [0.25, 0.3) is 0 Å². The minimum absolute atomic E-state index is 0.181. The van der Waals surface area contributed by atoms with Crippen LogP contribution in [0, 0.1) is 5.92 Å². The highest BCUT2D eigenvalue weighted by atomic mass is 14.8. The van der Waals surface area contributed by atoms with Crippen LogP contribution in [-0.2, 0) is 0 Å². The molecule has 1 rings (SSSR count). The normalized spacial score (nSPS) is 28.5. The van der Waals surface area contributed by atoms with E-state index >= 15 is 0 Å². The Morgan fingerprint density at radius 3 is 2.17 bits per heavy atom. The van der Waals surface area contributed by atoms with Gasteiger partial charge in [-0.2, -0.15) is 0 Å². The standard InChI is InChI=1S/C17H35N/c1-3-4-5-6-7-8-9-11-14-17(18)15-12-10-13-16(17)2/h16H,3-15,18H2,1-2H3. The van der Waals surface area contributed by atoms with Gasteiger partial charge in [-0.1, -0.05) is 78.1 Å². The Hall–Kier alpha value is -0.0400. The summed E-state index contributed by atoms with van der Waals surface area (Å²) in [5, 5.41) is 0. The molecule has 0 heterocycles. The van der Waals surface area contributed by atoms with E-state index in [9.17, 15) is 0 Å². The zero-order valence-electron chi connectivity index (χ0n) is 12.8. The topological polar surface area (TPSA) is 26.0 Å². The van der Waals surface area contributed by atoms with Crippen molar-refractivity contribution in [3.63, 3.8) is 0 Å². The van der Waals surface area contributed by atoms with E-state index < -0.39 is 0 Å². The van der Waals surface area contributed by atoms with Crippen LogP contribution in [0.25, 0.3) is 0 Å². The molecule has 108 valence electrons. The summed E-state index contributed by atoms with van der Waals surface area (Å²) in [6.07, 6.45) is 17.9. The number of unbranched alkanes of at least 4 members (excludes halogenated alkanes) is 7. The van der Waals surface area contributed by atoms with Gasteiger partial charge in [-0.15, -0.1) is 0 Å². The zero-order valence-corrected chi connectivity index (χ0v) is 12.8. The lowest BCUT2D eigenvalue weighted by Gasteiger charge is -2.39. The van der Waals surface area contributed by atoms with E-state index in [4.69, 9.17) is 5.73 Å². The molecule has 2 atom stereocenters. The van der Waals surface area contributed by atoms with Gasteiger partial charge in [-0.25, -0.2) is 0 Å². The molecule has 1 nitrogen and oxygen atoms in total. The van der Waals surface area contributed by atoms with E-state index in [0.717, 1.165) is 5.92 Å². The van der Waals surface area contributed by atoms with Crippen LogP contribution in [-0.4, -0.2) is 5.54 Å². The molecule has 1 heteroatoms. The SMILES string of the molecule is CCCCCCCCCCC1(N)CCCCC1C. The Balaban J connectivity index is 1.99. The second kappa shape index (κ2) is 8.96. The fraction of sp³-hybridized carbons (Fsp3) is 1.00. The Bertz CT molecular complexity index is 202. The summed E-state index contributed by atoms with van der Waals surface area (Å²) in [5.74, 6) is 0.746. The summed E-state index contributed by atoms with van der Waals surface area (Å²) < 4.78 is 0. The van der Waals surface area contributed by atoms with Gasteiger partial charge in [-0.3, -0.25) is 0 Å². The molecule has 1 aliphatic carbocycles. The first-order valence-corrected chi connectivity index (χ1v) is 8.48. The monoisotopic (exact) mass is 253 g/mol. The summed E-state index contributed by atoms with van der Waals surface area (Å²) in [5.41, 5.74) is 6.76. The van der Waals surface area contributed by atoms with E-state index in [1.54, 1.807) is 0 Å². The maximum Gasteiger partial charge on any atom is 0.0180 e. The van der Waals surface area contributed by atoms with Crippen molar-refractivity contribution < 1.29 is 0 Å². The highest BCUT2D eigenvalue weighted by molar-refractivity contribution is 4.91. The average molecular weight is 253 g/mol. The van der Waals surface area contributed by atoms with Crippen LogP contribution in [0.4, 0.5) is 0 Å². The van der Waals surface area contributed by atoms with E-state index in [1.165, 1.54) is 83.5 Å². The fourth-order valence-electron chi connectivity index (χ4n) is 3.40. The highest BCUT2D eigenvalue weighted by Crippen LogP contribution is 2.35. The van der Waals surface area contributed by atoms with Crippen molar-refractivity contribution in [2.45, 2.75) is 103 Å². The van der Waals surface area contributed by atoms with Crippen molar-refractivity contribution in [2.24, 2.45) is 11.7 Å². The minimum atomic E-state index is 0.181. The van der Waals surface area contributed by atoms with Crippen LogP contribution >= 0.6 is 0 Å². The third-order valence-corrected chi connectivity index (χ3v) is 5.01. The molecular formula is C17H35N. The molecule has 0 spiro atoms. The van der Waals surface area contributed by atoms with Gasteiger partial charge < -0.3 is 5.73 Å². The maximum absolute atomic E-state index is 6.58. The molecule has 0 saturated heterocycles. The second-order valence-electron chi connectivity index (χ2n) is 6.60. The molecule has 2 N–H and O–H groups in total. The van der Waals surface area contributed by atoms with Crippen molar-refractivity contribution in [1.82, 2.24) is 0 Å². The molecule has 2 unspecified atom stereocenters. The van der Waals surface area contributed by atoms with Crippen LogP contribution in [0.1, 0.15) is 97.3 Å². The predicted octanol–water partition coefficient (Wildman–Crippen LogP) is 5.42. The molecule has 18 heavy (non-hydrogen) atoms. The molecule has 0 radical (unpaired) electrons. The first-order chi connectivity index (χ1) is 8.69. The summed E-state index contributed by atoms with van der Waals surface area (Å²) >= 11 is 0. The highest BCUT2D eigenvalue weighted by Gasteiger charge is 2.33. The van der Waals surface area contributed by atoms with Gasteiger partial charge in [0.1, 0.15) is 0 Å². The molecule has 0 aromatic rings. The van der Waals surface area contributed by atoms with E-state index in [1.807, 2.05) is 0 Å². The molecule has 0 amide bonds. The van der Waals surface area contributed by atoms with Crippen LogP contribution in [0.2, 0.25) is 0 Å². The molecule has 0 aromatic heterocycles. The lowest BCUT2D eigenvalue weighted by Crippen LogP contribution is -2.47. The van der Waals surface area contributed by atoms with E-state index in [2.05, 4.69) is 13.8 Å². The van der Waals surface area contributed by atoms with Gasteiger partial charge in [0, 0.05) is 5.54 Å². The lowest BCUT2D eigenvalue weighted by atomic mass is 9.71. The molecular weight excluding hydrogens is 218 g/mol. The van der Waals surface area contributed by atoms with Gasteiger partial charge in [0.05, 0.1) is 0 Å². The van der Waals surface area contributed by atoms with Gasteiger partial charge >= 0.3 is 0 Å². The van der Waals surface area contributed by atoms with Crippen LogP contribution in [0.15, 0.2) is 0 Å². The number of nitrogens with two attached hydrogens (primary N) is 1. The Morgan fingerprint density at radius 1 is 0.944 bits per heavy atom. The van der Waals surface area contributed by atoms with Crippen molar-refractivity contribution in [3.05, 3.63) is 0 Å². The lowest BCUT2D eigenvalue weighted by molar-refractivity contribution is 0.187. The Kier molecular flexibility index (Phi) is 7.97. The van der Waals surface area contributed by atoms with E-state index in [0.29, 0.717) is 0 Å². The van der Waals surface area contributed by atoms with Crippen LogP contribution < -0.4 is 5.73 Å². The molecule has 0 aliphatic heterocycles. The summed E-state index contributed by atoms with van der Waals surface area (Å²) in [7, 11) is 0. The third-order valence-electron chi connectivity index (χ3n) is 5.01. The number of hydrogen-bond donors (Lipinski definition) is 1. The zero-order chi connectivity index (χ0) is 13.3. The first-order valence-electron chi connectivity index (χ1n) is 8.48. The summed E-state index contributed by atoms with van der Waals surface area (Å²) in [6, 6.07) is 0. The van der Waals surface area contributed by atoms with Gasteiger partial charge in [-0.05, 0) is 25.2 Å². The molecule has 0 bridgehead atoms. The Morgan fingerprint density at radius 2 is 1.56 bits per heavy atom. The smallest absolute Gasteiger partial charge is 0.0180 e. The molecule has 1 saturated carbocycles. The second-order valence-corrected chi connectivity index (χ2v) is 6.60. The van der Waals surface area contributed by atoms with Crippen molar-refractivity contribution in [2.75, 3.05) is 0 Å². The molecule has 1 fully saturated rings. The fourth-order valence-corrected chi connectivity index (χ4v) is 3.40. The summed E-state index contributed by atoms with van der Waals surface area (Å²) in [6.45, 7) is 4.65. The third kappa shape index (κ3) is 5.73. The maximum atomic E-state index is 6.58. The molecule has 0 aromatic carbocycles. The van der Waals surface area contributed by atoms with Crippen molar-refractivity contribution in [3.8, 4) is 0 Å². The van der Waals surface area contributed by atoms with E-state index in [-0.39, 0.29) is 5.54 Å². The quantitative estimate of drug-likeness (QED) is 0.545. The predicted molar refractivity (Wildman–Crippen MR) is 81.8 cm³/mol. The van der Waals surface area contributed by atoms with Crippen molar-refractivity contribution in [1.29, 1.82) is 0 Å². The first kappa shape index (κ1) is 16.0. The number of hydrogen-bond acceptors (Lipinski definition) is 1. The summed E-state index contributed by atoms with van der Waals surface area (Å²) in [4.78, 5) is 0. The van der Waals surface area contributed by atoms with Crippen LogP contribution in [0.3, 0.4) is 0 Å². The van der Waals surface area contributed by atoms with Gasteiger partial charge in [0.15, 0.2) is 0 Å². The largest absolute Gasteiger partial charge is 0.325 e. The number of rotatable bonds is 9. The van der Waals surface area contributed by atoms with Crippen molar-refractivity contribution >= 4 is 0 Å². The van der Waals surface area contributed by atoms with Gasteiger partial charge in [0.2, 0.25) is 0 Å². The average Bonchev–Trinajstić information content (AvgIpc) is 2.37.